The third kappa shape index (κ3) is 4.95. The number of benzene rings is 2. The van der Waals surface area contributed by atoms with Gasteiger partial charge in [0.15, 0.2) is 5.11 Å². The van der Waals surface area contributed by atoms with E-state index in [1.165, 1.54) is 5.56 Å². The van der Waals surface area contributed by atoms with Crippen LogP contribution in [0.15, 0.2) is 54.6 Å². The molecule has 1 aliphatic rings. The lowest BCUT2D eigenvalue weighted by Gasteiger charge is -2.38. The van der Waals surface area contributed by atoms with E-state index < -0.39 is 0 Å². The number of thiocarbonyl (C=S) groups is 1. The summed E-state index contributed by atoms with van der Waals surface area (Å²) >= 11 is 11.7. The zero-order valence-electron chi connectivity index (χ0n) is 14.8. The van der Waals surface area contributed by atoms with Crippen LogP contribution in [0.4, 0.5) is 5.69 Å². The molecule has 0 saturated carbocycles. The number of halogens is 1. The number of anilines is 1. The summed E-state index contributed by atoms with van der Waals surface area (Å²) in [5, 5.41) is 7.85. The molecule has 6 heteroatoms. The molecule has 138 valence electrons. The molecular formula is C20H24ClN3OS. The monoisotopic (exact) mass is 389 g/mol. The van der Waals surface area contributed by atoms with Crippen LogP contribution in [0.25, 0.3) is 0 Å². The molecule has 2 aromatic carbocycles. The molecule has 3 rings (SSSR count). The molecule has 2 N–H and O–H groups in total. The number of para-hydroxylation sites is 1. The van der Waals surface area contributed by atoms with Gasteiger partial charge in [-0.1, -0.05) is 54.1 Å². The average molecular weight is 390 g/mol. The SMILES string of the molecule is C[C@H](NC(=S)Nc1ccccc1Cl)[C@H](c1ccccc1)N1CCOCC1. The van der Waals surface area contributed by atoms with Crippen molar-refractivity contribution in [3.05, 3.63) is 65.2 Å². The van der Waals surface area contributed by atoms with Crippen molar-refractivity contribution in [3.63, 3.8) is 0 Å². The molecule has 1 heterocycles. The Bertz CT molecular complexity index is 722. The molecule has 1 fully saturated rings. The van der Waals surface area contributed by atoms with Gasteiger partial charge in [-0.15, -0.1) is 0 Å². The number of nitrogens with one attached hydrogen (secondary N) is 2. The molecule has 0 bridgehead atoms. The minimum absolute atomic E-state index is 0.123. The van der Waals surface area contributed by atoms with Gasteiger partial charge in [-0.25, -0.2) is 0 Å². The highest BCUT2D eigenvalue weighted by Gasteiger charge is 2.28. The second-order valence-electron chi connectivity index (χ2n) is 6.37. The highest BCUT2D eigenvalue weighted by molar-refractivity contribution is 7.80. The fraction of sp³-hybridized carbons (Fsp3) is 0.350. The van der Waals surface area contributed by atoms with Gasteiger partial charge in [0.1, 0.15) is 0 Å². The predicted molar refractivity (Wildman–Crippen MR) is 112 cm³/mol. The summed E-state index contributed by atoms with van der Waals surface area (Å²) < 4.78 is 5.52. The summed E-state index contributed by atoms with van der Waals surface area (Å²) in [6.07, 6.45) is 0. The Labute approximate surface area is 165 Å². The molecule has 1 aliphatic heterocycles. The Kier molecular flexibility index (Phi) is 6.86. The molecule has 0 amide bonds. The first-order chi connectivity index (χ1) is 12.6. The van der Waals surface area contributed by atoms with Gasteiger partial charge in [0.2, 0.25) is 0 Å². The summed E-state index contributed by atoms with van der Waals surface area (Å²) in [6.45, 7) is 5.51. The molecule has 4 nitrogen and oxygen atoms in total. The van der Waals surface area contributed by atoms with Crippen LogP contribution < -0.4 is 10.6 Å². The van der Waals surface area contributed by atoms with Crippen molar-refractivity contribution in [2.45, 2.75) is 19.0 Å². The summed E-state index contributed by atoms with van der Waals surface area (Å²) in [6, 6.07) is 18.5. The van der Waals surface area contributed by atoms with E-state index in [0.717, 1.165) is 32.0 Å². The van der Waals surface area contributed by atoms with Gasteiger partial charge >= 0.3 is 0 Å². The average Bonchev–Trinajstić information content (AvgIpc) is 2.65. The molecule has 0 aromatic heterocycles. The van der Waals surface area contributed by atoms with Crippen molar-refractivity contribution in [2.24, 2.45) is 0 Å². The van der Waals surface area contributed by atoms with Crippen LogP contribution >= 0.6 is 23.8 Å². The Hall–Kier alpha value is -1.66. The maximum Gasteiger partial charge on any atom is 0.171 e. The van der Waals surface area contributed by atoms with Gasteiger partial charge in [0, 0.05) is 19.1 Å². The molecular weight excluding hydrogens is 366 g/mol. The first-order valence-corrected chi connectivity index (χ1v) is 9.62. The highest BCUT2D eigenvalue weighted by Crippen LogP contribution is 2.26. The van der Waals surface area contributed by atoms with E-state index in [-0.39, 0.29) is 12.1 Å². The standard InChI is InChI=1S/C20H24ClN3OS/c1-15(22-20(26)23-18-10-6-5-9-17(18)21)19(16-7-3-2-4-8-16)24-11-13-25-14-12-24/h2-10,15,19H,11-14H2,1H3,(H2,22,23,26)/t15-,19+/m0/s1. The van der Waals surface area contributed by atoms with Gasteiger partial charge in [-0.3, -0.25) is 4.90 Å². The van der Waals surface area contributed by atoms with Crippen molar-refractivity contribution in [1.82, 2.24) is 10.2 Å². The molecule has 0 unspecified atom stereocenters. The summed E-state index contributed by atoms with van der Waals surface area (Å²) in [7, 11) is 0. The number of rotatable bonds is 5. The van der Waals surface area contributed by atoms with Gasteiger partial charge in [0.25, 0.3) is 0 Å². The van der Waals surface area contributed by atoms with E-state index >= 15 is 0 Å². The highest BCUT2D eigenvalue weighted by atomic mass is 35.5. The van der Waals surface area contributed by atoms with E-state index in [0.29, 0.717) is 10.1 Å². The number of ether oxygens (including phenoxy) is 1. The summed E-state index contributed by atoms with van der Waals surface area (Å²) in [4.78, 5) is 2.45. The van der Waals surface area contributed by atoms with Crippen molar-refractivity contribution in [3.8, 4) is 0 Å². The van der Waals surface area contributed by atoms with Crippen molar-refractivity contribution < 1.29 is 4.74 Å². The molecule has 2 atom stereocenters. The second kappa shape index (κ2) is 9.33. The Morgan fingerprint density at radius 1 is 1.08 bits per heavy atom. The quantitative estimate of drug-likeness (QED) is 0.753. The zero-order chi connectivity index (χ0) is 18.4. The lowest BCUT2D eigenvalue weighted by molar-refractivity contribution is 0.0102. The molecule has 0 aliphatic carbocycles. The lowest BCUT2D eigenvalue weighted by atomic mass is 9.98. The number of hydrogen-bond acceptors (Lipinski definition) is 3. The Balaban J connectivity index is 1.71. The van der Waals surface area contributed by atoms with Gasteiger partial charge < -0.3 is 15.4 Å². The zero-order valence-corrected chi connectivity index (χ0v) is 16.4. The smallest absolute Gasteiger partial charge is 0.171 e. The van der Waals surface area contributed by atoms with E-state index in [1.807, 2.05) is 30.3 Å². The van der Waals surface area contributed by atoms with Crippen LogP contribution in [0.3, 0.4) is 0 Å². The largest absolute Gasteiger partial charge is 0.379 e. The van der Waals surface area contributed by atoms with Crippen LogP contribution in [0, 0.1) is 0 Å². The Morgan fingerprint density at radius 2 is 1.73 bits per heavy atom. The maximum atomic E-state index is 6.21. The van der Waals surface area contributed by atoms with Crippen LogP contribution in [0.1, 0.15) is 18.5 Å². The normalized spacial score (nSPS) is 17.3. The third-order valence-electron chi connectivity index (χ3n) is 4.53. The topological polar surface area (TPSA) is 36.5 Å². The van der Waals surface area contributed by atoms with E-state index in [2.05, 4.69) is 46.7 Å². The Morgan fingerprint density at radius 3 is 2.42 bits per heavy atom. The maximum absolute atomic E-state index is 6.21. The van der Waals surface area contributed by atoms with Crippen LogP contribution in [-0.4, -0.2) is 42.4 Å². The summed E-state index contributed by atoms with van der Waals surface area (Å²) in [5.74, 6) is 0. The lowest BCUT2D eigenvalue weighted by Crippen LogP contribution is -2.49. The van der Waals surface area contributed by atoms with Gasteiger partial charge in [0.05, 0.1) is 30.0 Å². The predicted octanol–water partition coefficient (Wildman–Crippen LogP) is 4.09. The van der Waals surface area contributed by atoms with Gasteiger partial charge in [-0.05, 0) is 36.8 Å². The first-order valence-electron chi connectivity index (χ1n) is 8.84. The van der Waals surface area contributed by atoms with Crippen LogP contribution in [-0.2, 0) is 4.74 Å². The van der Waals surface area contributed by atoms with E-state index in [4.69, 9.17) is 28.6 Å². The number of morpholine rings is 1. The minimum Gasteiger partial charge on any atom is -0.379 e. The van der Waals surface area contributed by atoms with Gasteiger partial charge in [-0.2, -0.15) is 0 Å². The molecule has 2 aromatic rings. The van der Waals surface area contributed by atoms with Crippen molar-refractivity contribution >= 4 is 34.6 Å². The number of hydrogen-bond donors (Lipinski definition) is 2. The molecule has 0 radical (unpaired) electrons. The van der Waals surface area contributed by atoms with E-state index in [9.17, 15) is 0 Å². The summed E-state index contributed by atoms with van der Waals surface area (Å²) in [5.41, 5.74) is 2.08. The van der Waals surface area contributed by atoms with Crippen LogP contribution in [0.5, 0.6) is 0 Å². The number of nitrogens with zero attached hydrogens (tertiary/aromatic N) is 1. The van der Waals surface area contributed by atoms with Crippen molar-refractivity contribution in [1.29, 1.82) is 0 Å². The minimum atomic E-state index is 0.123. The molecule has 1 saturated heterocycles. The third-order valence-corrected chi connectivity index (χ3v) is 5.08. The fourth-order valence-electron chi connectivity index (χ4n) is 3.33. The van der Waals surface area contributed by atoms with E-state index in [1.54, 1.807) is 0 Å². The van der Waals surface area contributed by atoms with Crippen molar-refractivity contribution in [2.75, 3.05) is 31.6 Å². The fourth-order valence-corrected chi connectivity index (χ4v) is 3.81. The first kappa shape index (κ1) is 19.1. The molecule has 26 heavy (non-hydrogen) atoms. The molecule has 0 spiro atoms. The van der Waals surface area contributed by atoms with Crippen LogP contribution in [0.2, 0.25) is 5.02 Å². The second-order valence-corrected chi connectivity index (χ2v) is 7.19.